The van der Waals surface area contributed by atoms with Crippen molar-refractivity contribution in [1.29, 1.82) is 0 Å². The normalized spacial score (nSPS) is 11.4. The third kappa shape index (κ3) is 4.21. The van der Waals surface area contributed by atoms with Gasteiger partial charge in [0.1, 0.15) is 5.75 Å². The number of para-hydroxylation sites is 1. The van der Waals surface area contributed by atoms with Crippen molar-refractivity contribution in [2.45, 2.75) is 19.3 Å². The molecule has 0 fully saturated rings. The first-order valence-electron chi connectivity index (χ1n) is 8.28. The molecule has 0 radical (unpaired) electrons. The van der Waals surface area contributed by atoms with Crippen molar-refractivity contribution in [2.75, 3.05) is 31.5 Å². The summed E-state index contributed by atoms with van der Waals surface area (Å²) in [5, 5.41) is 9.62. The van der Waals surface area contributed by atoms with Crippen LogP contribution in [0.5, 0.6) is 5.75 Å². The van der Waals surface area contributed by atoms with Crippen LogP contribution in [0.1, 0.15) is 19.4 Å². The molecule has 4 nitrogen and oxygen atoms in total. The Hall–Kier alpha value is -2.75. The molecule has 0 atom stereocenters. The lowest BCUT2D eigenvalue weighted by Crippen LogP contribution is -2.23. The largest absolute Gasteiger partial charge is 0.497 e. The Balaban J connectivity index is 2.17. The second-order valence-electron chi connectivity index (χ2n) is 6.41. The lowest BCUT2D eigenvalue weighted by Gasteiger charge is -2.28. The maximum atomic E-state index is 5.19. The number of ether oxygens (including phenoxy) is 1. The van der Waals surface area contributed by atoms with Gasteiger partial charge in [0.25, 0.3) is 0 Å². The van der Waals surface area contributed by atoms with Gasteiger partial charge in [-0.25, -0.2) is 0 Å². The Labute approximate surface area is 150 Å². The lowest BCUT2D eigenvalue weighted by molar-refractivity contribution is 0.415. The number of allylic oxidation sites excluding steroid dienone is 1. The van der Waals surface area contributed by atoms with Crippen LogP contribution in [0.15, 0.2) is 65.8 Å². The van der Waals surface area contributed by atoms with Crippen LogP contribution >= 0.6 is 0 Å². The van der Waals surface area contributed by atoms with Crippen molar-refractivity contribution < 1.29 is 4.74 Å². The summed E-state index contributed by atoms with van der Waals surface area (Å²) in [4.78, 5) is 0. The topological polar surface area (TPSA) is 36.9 Å². The molecule has 2 aromatic carbocycles. The van der Waals surface area contributed by atoms with Gasteiger partial charge in [0.05, 0.1) is 19.0 Å². The van der Waals surface area contributed by atoms with E-state index < -0.39 is 0 Å². The Morgan fingerprint density at radius 3 is 2.40 bits per heavy atom. The third-order valence-corrected chi connectivity index (χ3v) is 4.51. The van der Waals surface area contributed by atoms with Gasteiger partial charge in [-0.3, -0.25) is 5.01 Å². The molecule has 0 bridgehead atoms. The summed E-state index contributed by atoms with van der Waals surface area (Å²) < 4.78 is 5.19. The van der Waals surface area contributed by atoms with E-state index in [1.54, 1.807) is 7.11 Å². The highest BCUT2D eigenvalue weighted by molar-refractivity contribution is 5.83. The predicted molar refractivity (Wildman–Crippen MR) is 108 cm³/mol. The van der Waals surface area contributed by atoms with Crippen LogP contribution in [0.3, 0.4) is 0 Å². The summed E-state index contributed by atoms with van der Waals surface area (Å²) in [6, 6.07) is 16.1. The molecule has 0 aliphatic carbocycles. The molecule has 2 rings (SSSR count). The van der Waals surface area contributed by atoms with E-state index in [4.69, 9.17) is 4.74 Å². The number of hydrogen-bond donors (Lipinski definition) is 1. The average Bonchev–Trinajstić information content (AvgIpc) is 2.65. The van der Waals surface area contributed by atoms with E-state index in [1.807, 2.05) is 61.7 Å². The molecule has 2 aromatic rings. The molecule has 0 heterocycles. The van der Waals surface area contributed by atoms with Gasteiger partial charge in [0.2, 0.25) is 0 Å². The van der Waals surface area contributed by atoms with Crippen molar-refractivity contribution >= 4 is 17.6 Å². The van der Waals surface area contributed by atoms with Crippen molar-refractivity contribution in [2.24, 2.45) is 5.10 Å². The van der Waals surface area contributed by atoms with Gasteiger partial charge in [-0.05, 0) is 41.5 Å². The molecular formula is C21H27N3O. The summed E-state index contributed by atoms with van der Waals surface area (Å²) in [6.45, 7) is 8.56. The van der Waals surface area contributed by atoms with Gasteiger partial charge in [-0.1, -0.05) is 38.6 Å². The van der Waals surface area contributed by atoms with Gasteiger partial charge >= 0.3 is 0 Å². The first-order chi connectivity index (χ1) is 11.9. The van der Waals surface area contributed by atoms with Gasteiger partial charge in [-0.2, -0.15) is 5.10 Å². The van der Waals surface area contributed by atoms with E-state index in [0.29, 0.717) is 0 Å². The van der Waals surface area contributed by atoms with Crippen LogP contribution in [0.25, 0.3) is 0 Å². The molecule has 1 N–H and O–H groups in total. The fourth-order valence-corrected chi connectivity index (χ4v) is 2.60. The van der Waals surface area contributed by atoms with Crippen LogP contribution in [-0.4, -0.2) is 27.4 Å². The highest BCUT2D eigenvalue weighted by atomic mass is 16.5. The van der Waals surface area contributed by atoms with Crippen LogP contribution < -0.4 is 15.1 Å². The maximum absolute atomic E-state index is 5.19. The van der Waals surface area contributed by atoms with Crippen molar-refractivity contribution in [3.05, 3.63) is 66.2 Å². The van der Waals surface area contributed by atoms with Gasteiger partial charge in [0.15, 0.2) is 0 Å². The van der Waals surface area contributed by atoms with Crippen LogP contribution in [-0.2, 0) is 5.41 Å². The minimum absolute atomic E-state index is 0.232. The van der Waals surface area contributed by atoms with Crippen molar-refractivity contribution in [3.63, 3.8) is 0 Å². The lowest BCUT2D eigenvalue weighted by atomic mass is 9.78. The monoisotopic (exact) mass is 337 g/mol. The number of methoxy groups -OCH3 is 1. The zero-order chi connectivity index (χ0) is 18.4. The van der Waals surface area contributed by atoms with Crippen molar-refractivity contribution in [1.82, 2.24) is 0 Å². The zero-order valence-corrected chi connectivity index (χ0v) is 15.7. The number of hydrazone groups is 1. The fraction of sp³-hybridized carbons (Fsp3) is 0.286. The summed E-state index contributed by atoms with van der Waals surface area (Å²) in [5.41, 5.74) is 3.99. The van der Waals surface area contributed by atoms with Gasteiger partial charge in [0, 0.05) is 25.2 Å². The Bertz CT molecular complexity index is 748. The minimum atomic E-state index is -0.232. The molecular weight excluding hydrogens is 310 g/mol. The van der Waals surface area contributed by atoms with E-state index in [-0.39, 0.29) is 5.41 Å². The quantitative estimate of drug-likeness (QED) is 0.588. The molecule has 0 saturated heterocycles. The molecule has 4 heteroatoms. The zero-order valence-electron chi connectivity index (χ0n) is 15.7. The number of hydrogen-bond acceptors (Lipinski definition) is 4. The van der Waals surface area contributed by atoms with Crippen LogP contribution in [0.4, 0.5) is 11.4 Å². The molecule has 132 valence electrons. The number of nitrogens with one attached hydrogen (secondary N) is 1. The third-order valence-electron chi connectivity index (χ3n) is 4.51. The molecule has 0 aromatic heterocycles. The summed E-state index contributed by atoms with van der Waals surface area (Å²) in [7, 11) is 5.51. The number of anilines is 2. The van der Waals surface area contributed by atoms with Gasteiger partial charge in [-0.15, -0.1) is 0 Å². The van der Waals surface area contributed by atoms with E-state index in [9.17, 15) is 0 Å². The van der Waals surface area contributed by atoms with Crippen LogP contribution in [0.2, 0.25) is 0 Å². The first kappa shape index (κ1) is 18.6. The van der Waals surface area contributed by atoms with E-state index >= 15 is 0 Å². The number of benzene rings is 2. The Morgan fingerprint density at radius 2 is 1.80 bits per heavy atom. The molecule has 0 unspecified atom stereocenters. The second-order valence-corrected chi connectivity index (χ2v) is 6.41. The summed E-state index contributed by atoms with van der Waals surface area (Å²) in [5.74, 6) is 0.829. The first-order valence-corrected chi connectivity index (χ1v) is 8.28. The summed E-state index contributed by atoms with van der Waals surface area (Å²) in [6.07, 6.45) is 1.83. The van der Waals surface area contributed by atoms with Crippen LogP contribution in [0, 0.1) is 0 Å². The molecule has 0 aliphatic rings. The average molecular weight is 337 g/mol. The Kier molecular flexibility index (Phi) is 5.86. The number of rotatable bonds is 7. The van der Waals surface area contributed by atoms with E-state index in [2.05, 4.69) is 43.0 Å². The molecule has 0 amide bonds. The maximum Gasteiger partial charge on any atom is 0.119 e. The number of nitrogens with zero attached hydrogens (tertiary/aromatic N) is 2. The molecule has 0 saturated carbocycles. The minimum Gasteiger partial charge on any atom is -0.497 e. The Morgan fingerprint density at radius 1 is 1.16 bits per heavy atom. The predicted octanol–water partition coefficient (Wildman–Crippen LogP) is 4.69. The fourth-order valence-electron chi connectivity index (χ4n) is 2.60. The molecule has 0 aliphatic heterocycles. The molecule has 0 spiro atoms. The summed E-state index contributed by atoms with van der Waals surface area (Å²) >= 11 is 0. The van der Waals surface area contributed by atoms with Gasteiger partial charge < -0.3 is 10.1 Å². The standard InChI is InChI=1S/C21H27N3O/c1-16(21(2,3)19-9-7-8-10-20(19)22-4)15-23-24(5)17-11-13-18(25-6)14-12-17/h7-15,22H,1H2,2-6H3/b23-15+. The SMILES string of the molecule is C=C(/C=N/N(C)c1ccc(OC)cc1)C(C)(C)c1ccccc1NC. The van der Waals surface area contributed by atoms with E-state index in [0.717, 1.165) is 22.7 Å². The van der Waals surface area contributed by atoms with E-state index in [1.165, 1.54) is 5.56 Å². The van der Waals surface area contributed by atoms with Crippen molar-refractivity contribution in [3.8, 4) is 5.75 Å². The second kappa shape index (κ2) is 7.88. The highest BCUT2D eigenvalue weighted by Crippen LogP contribution is 2.34. The highest BCUT2D eigenvalue weighted by Gasteiger charge is 2.25. The smallest absolute Gasteiger partial charge is 0.119 e. The molecule has 25 heavy (non-hydrogen) atoms.